The molecule has 8 nitrogen and oxygen atoms in total. The van der Waals surface area contributed by atoms with Crippen LogP contribution in [0.3, 0.4) is 0 Å². The van der Waals surface area contributed by atoms with Crippen LogP contribution in [0.15, 0.2) is 36.4 Å². The van der Waals surface area contributed by atoms with E-state index in [0.717, 1.165) is 86.3 Å². The van der Waals surface area contributed by atoms with Crippen LogP contribution in [-0.4, -0.2) is 65.7 Å². The van der Waals surface area contributed by atoms with Gasteiger partial charge in [0, 0.05) is 70.1 Å². The van der Waals surface area contributed by atoms with Gasteiger partial charge in [0.05, 0.1) is 23.2 Å². The van der Waals surface area contributed by atoms with Crippen molar-refractivity contribution >= 4 is 34.2 Å². The highest BCUT2D eigenvalue weighted by molar-refractivity contribution is 5.95. The van der Waals surface area contributed by atoms with Crippen molar-refractivity contribution in [1.29, 1.82) is 0 Å². The molecule has 3 aromatic rings. The van der Waals surface area contributed by atoms with Crippen molar-refractivity contribution in [2.75, 3.05) is 37.0 Å². The Morgan fingerprint density at radius 1 is 0.977 bits per heavy atom. The number of nitrogens with zero attached hydrogens (tertiary/aromatic N) is 5. The molecule has 2 aromatic carbocycles. The van der Waals surface area contributed by atoms with Crippen LogP contribution in [0.2, 0.25) is 0 Å². The molecule has 3 heterocycles. The van der Waals surface area contributed by atoms with Gasteiger partial charge >= 0.3 is 0 Å². The predicted molar refractivity (Wildman–Crippen MR) is 162 cm³/mol. The minimum atomic E-state index is -0.970. The van der Waals surface area contributed by atoms with Gasteiger partial charge in [-0.15, -0.1) is 0 Å². The number of aromatic nitrogens is 2. The van der Waals surface area contributed by atoms with E-state index in [1.807, 2.05) is 4.90 Å². The Hall–Kier alpha value is -3.53. The number of carbonyl (C=O) groups excluding carboxylic acids is 2. The highest BCUT2D eigenvalue weighted by Gasteiger charge is 2.37. The number of likely N-dealkylation sites (tertiary alicyclic amines) is 1. The fourth-order valence-corrected chi connectivity index (χ4v) is 7.34. The highest BCUT2D eigenvalue weighted by atomic mass is 19.2. The molecule has 0 unspecified atom stereocenters. The smallest absolute Gasteiger partial charge is 0.227 e. The third-order valence-electron chi connectivity index (χ3n) is 9.84. The fraction of sp³-hybridized carbons (Fsp3) is 0.545. The van der Waals surface area contributed by atoms with Gasteiger partial charge in [-0.25, -0.2) is 13.8 Å². The second-order valence-corrected chi connectivity index (χ2v) is 12.3. The lowest BCUT2D eigenvalue weighted by Crippen LogP contribution is -2.45. The number of hydrogen-bond acceptors (Lipinski definition) is 5. The molecule has 1 saturated carbocycles. The van der Waals surface area contributed by atoms with Gasteiger partial charge in [0.25, 0.3) is 0 Å². The summed E-state index contributed by atoms with van der Waals surface area (Å²) >= 11 is 0. The Balaban J connectivity index is 1.39. The van der Waals surface area contributed by atoms with Crippen LogP contribution in [0.4, 0.5) is 20.2 Å². The van der Waals surface area contributed by atoms with E-state index in [1.165, 1.54) is 6.07 Å². The van der Waals surface area contributed by atoms with Gasteiger partial charge in [0.2, 0.25) is 11.8 Å². The maximum Gasteiger partial charge on any atom is 0.227 e. The topological polar surface area (TPSA) is 70.9 Å². The maximum absolute atomic E-state index is 14.4. The first kappa shape index (κ1) is 29.5. The minimum Gasteiger partial charge on any atom is -0.381 e. The maximum atomic E-state index is 14.4. The molecule has 43 heavy (non-hydrogen) atoms. The largest absolute Gasteiger partial charge is 0.381 e. The van der Waals surface area contributed by atoms with Crippen LogP contribution in [0.1, 0.15) is 82.6 Å². The van der Waals surface area contributed by atoms with Gasteiger partial charge in [0.15, 0.2) is 11.6 Å². The molecule has 0 radical (unpaired) electrons. The molecule has 2 saturated heterocycles. The van der Waals surface area contributed by atoms with Crippen molar-refractivity contribution in [2.45, 2.75) is 88.9 Å². The van der Waals surface area contributed by atoms with Gasteiger partial charge < -0.3 is 24.0 Å². The number of amides is 2. The van der Waals surface area contributed by atoms with E-state index in [1.54, 1.807) is 18.9 Å². The highest BCUT2D eigenvalue weighted by Crippen LogP contribution is 2.42. The number of piperidine rings is 2. The summed E-state index contributed by atoms with van der Waals surface area (Å²) in [4.78, 5) is 36.2. The van der Waals surface area contributed by atoms with E-state index in [-0.39, 0.29) is 24.0 Å². The molecular formula is C33H41F2N5O3. The van der Waals surface area contributed by atoms with Crippen molar-refractivity contribution in [2.24, 2.45) is 0 Å². The summed E-state index contributed by atoms with van der Waals surface area (Å²) in [7, 11) is 3.86. The monoisotopic (exact) mass is 593 g/mol. The molecule has 0 bridgehead atoms. The van der Waals surface area contributed by atoms with Crippen molar-refractivity contribution in [3.8, 4) is 0 Å². The standard InChI is InChI=1S/C33H41F2N5O3/c1-21(41)38-17-15-22(16-18-38)37(2)24-10-14-30-29(20-24)36-33(40(30)23-7-11-26(43-3)12-8-23)31-5-4-6-32(42)39(31)25-9-13-27(34)28(35)19-25/h9-10,13-14,19-20,22-23,26,31H,4-8,11-12,15-18H2,1-3H3/t23-,26-,31-/m0/s1. The van der Waals surface area contributed by atoms with Gasteiger partial charge in [-0.2, -0.15) is 0 Å². The SMILES string of the molecule is CO[C@H]1CC[C@H](n2c([C@@H]3CCCC(=O)N3c3ccc(F)c(F)c3)nc3cc(N(C)C4CCN(C(C)=O)CC4)ccc32)CC1. The Morgan fingerprint density at radius 3 is 2.40 bits per heavy atom. The number of rotatable bonds is 6. The Morgan fingerprint density at radius 2 is 1.72 bits per heavy atom. The zero-order valence-corrected chi connectivity index (χ0v) is 25.3. The molecule has 3 fully saturated rings. The number of benzene rings is 2. The molecule has 1 atom stereocenters. The van der Waals surface area contributed by atoms with Crippen molar-refractivity contribution in [3.05, 3.63) is 53.9 Å². The lowest BCUT2D eigenvalue weighted by atomic mass is 9.92. The number of anilines is 2. The normalized spacial score (nSPS) is 23.7. The van der Waals surface area contributed by atoms with Crippen LogP contribution in [-0.2, 0) is 14.3 Å². The number of ether oxygens (including phenoxy) is 1. The van der Waals surface area contributed by atoms with Crippen molar-refractivity contribution < 1.29 is 23.1 Å². The van der Waals surface area contributed by atoms with Crippen LogP contribution in [0.25, 0.3) is 11.0 Å². The summed E-state index contributed by atoms with van der Waals surface area (Å²) in [5.74, 6) is -1.10. The van der Waals surface area contributed by atoms with Crippen LogP contribution in [0.5, 0.6) is 0 Å². The zero-order valence-electron chi connectivity index (χ0n) is 25.3. The second kappa shape index (κ2) is 12.2. The number of hydrogen-bond donors (Lipinski definition) is 0. The molecule has 0 spiro atoms. The summed E-state index contributed by atoms with van der Waals surface area (Å²) in [6, 6.07) is 10.2. The Kier molecular flexibility index (Phi) is 8.40. The molecule has 3 aliphatic rings. The van der Waals surface area contributed by atoms with Gasteiger partial charge in [-0.3, -0.25) is 9.59 Å². The fourth-order valence-electron chi connectivity index (χ4n) is 7.34. The van der Waals surface area contributed by atoms with E-state index in [9.17, 15) is 18.4 Å². The summed E-state index contributed by atoms with van der Waals surface area (Å²) in [5.41, 5.74) is 3.29. The van der Waals surface area contributed by atoms with E-state index in [0.29, 0.717) is 31.0 Å². The second-order valence-electron chi connectivity index (χ2n) is 12.3. The predicted octanol–water partition coefficient (Wildman–Crippen LogP) is 6.15. The first-order valence-electron chi connectivity index (χ1n) is 15.5. The summed E-state index contributed by atoms with van der Waals surface area (Å²) < 4.78 is 36.2. The molecule has 230 valence electrons. The average Bonchev–Trinajstić information content (AvgIpc) is 3.40. The van der Waals surface area contributed by atoms with Crippen LogP contribution < -0.4 is 9.80 Å². The molecule has 10 heteroatoms. The lowest BCUT2D eigenvalue weighted by Gasteiger charge is -2.37. The first-order chi connectivity index (χ1) is 20.7. The minimum absolute atomic E-state index is 0.110. The molecule has 0 N–H and O–H groups in total. The van der Waals surface area contributed by atoms with Crippen LogP contribution >= 0.6 is 0 Å². The van der Waals surface area contributed by atoms with E-state index in [4.69, 9.17) is 9.72 Å². The summed E-state index contributed by atoms with van der Waals surface area (Å²) in [6.45, 7) is 3.14. The third-order valence-corrected chi connectivity index (χ3v) is 9.84. The zero-order chi connectivity index (χ0) is 30.2. The number of fused-ring (bicyclic) bond motifs is 1. The number of halogens is 2. The Labute approximate surface area is 251 Å². The van der Waals surface area contributed by atoms with Gasteiger partial charge in [-0.1, -0.05) is 0 Å². The van der Waals surface area contributed by atoms with Crippen LogP contribution in [0, 0.1) is 11.6 Å². The van der Waals surface area contributed by atoms with Crippen molar-refractivity contribution in [1.82, 2.24) is 14.5 Å². The Bertz CT molecular complexity index is 1490. The van der Waals surface area contributed by atoms with E-state index >= 15 is 0 Å². The lowest BCUT2D eigenvalue weighted by molar-refractivity contribution is -0.129. The summed E-state index contributed by atoms with van der Waals surface area (Å²) in [5, 5.41) is 0. The van der Waals surface area contributed by atoms with E-state index < -0.39 is 17.7 Å². The van der Waals surface area contributed by atoms with Crippen molar-refractivity contribution in [3.63, 3.8) is 0 Å². The molecule has 2 amide bonds. The number of methoxy groups -OCH3 is 1. The molecule has 2 aliphatic heterocycles. The van der Waals surface area contributed by atoms with Gasteiger partial charge in [-0.05, 0) is 81.7 Å². The number of carbonyl (C=O) groups is 2. The molecule has 1 aromatic heterocycles. The van der Waals surface area contributed by atoms with Gasteiger partial charge in [0.1, 0.15) is 5.82 Å². The van der Waals surface area contributed by atoms with E-state index in [2.05, 4.69) is 34.7 Å². The quantitative estimate of drug-likeness (QED) is 0.343. The summed E-state index contributed by atoms with van der Waals surface area (Å²) in [6.07, 6.45) is 7.53. The number of imidazole rings is 1. The molecular weight excluding hydrogens is 552 g/mol. The molecule has 6 rings (SSSR count). The average molecular weight is 594 g/mol. The molecule has 1 aliphatic carbocycles. The first-order valence-corrected chi connectivity index (χ1v) is 15.5. The third kappa shape index (κ3) is 5.73.